The quantitative estimate of drug-likeness (QED) is 0.377. The molecule has 1 saturated carbocycles. The molecule has 2 bridgehead atoms. The lowest BCUT2D eigenvalue weighted by Gasteiger charge is -2.45. The highest BCUT2D eigenvalue weighted by atomic mass is 16.5. The number of nitrogens with one attached hydrogen (secondary N) is 3. The molecule has 2 atom stereocenters. The van der Waals surface area contributed by atoms with Crippen LogP contribution in [-0.2, 0) is 14.4 Å². The molecule has 4 aliphatic rings. The maximum atomic E-state index is 13.7. The van der Waals surface area contributed by atoms with Crippen LogP contribution in [0.15, 0.2) is 36.9 Å². The molecule has 4 N–H and O–H groups in total. The molecule has 0 spiro atoms. The number of rotatable bonds is 9. The molecule has 1 unspecified atom stereocenters. The third kappa shape index (κ3) is 4.09. The minimum absolute atomic E-state index is 0.107. The van der Waals surface area contributed by atoms with Gasteiger partial charge in [-0.05, 0) is 50.3 Å². The number of benzene rings is 1. The minimum Gasteiger partial charge on any atom is -0.496 e. The number of nitrogens with zero attached hydrogens (tertiary/aromatic N) is 1. The molecule has 3 saturated heterocycles. The van der Waals surface area contributed by atoms with Crippen molar-refractivity contribution in [2.24, 2.45) is 11.3 Å². The van der Waals surface area contributed by atoms with Gasteiger partial charge in [-0.25, -0.2) is 0 Å². The molecule has 3 amide bonds. The molecule has 1 aromatic carbocycles. The average Bonchev–Trinajstić information content (AvgIpc) is 3.57. The molecular formula is C27H32N4O6. The standard InChI is InChI=1S/C27H32N4O6/c1-3-26-13-27(14-26,25(36)30-19(21(33)12-32)10-16-6-5-9-28-23(16)34)31(15-26)24(35)20-11-17-18(29-20)7-4-8-22(17)37-2/h3-4,7-8,11,16,19,29,32H,1,5-6,9-10,12-15H2,2H3,(H,28,34)(H,30,36)/t16-,19?,26?,27?/m0/s1. The Morgan fingerprint density at radius 2 is 2.14 bits per heavy atom. The number of aromatic nitrogens is 1. The molecule has 0 radical (unpaired) electrons. The van der Waals surface area contributed by atoms with Crippen molar-refractivity contribution in [2.75, 3.05) is 26.8 Å². The van der Waals surface area contributed by atoms with Crippen LogP contribution in [0.3, 0.4) is 0 Å². The fourth-order valence-corrected chi connectivity index (χ4v) is 6.22. The van der Waals surface area contributed by atoms with Crippen LogP contribution in [0, 0.1) is 11.3 Å². The Morgan fingerprint density at radius 3 is 2.81 bits per heavy atom. The minimum atomic E-state index is -1.14. The summed E-state index contributed by atoms with van der Waals surface area (Å²) in [4.78, 5) is 57.0. The maximum absolute atomic E-state index is 13.7. The normalized spacial score (nSPS) is 27.2. The summed E-state index contributed by atoms with van der Waals surface area (Å²) in [6, 6.07) is 6.18. The summed E-state index contributed by atoms with van der Waals surface area (Å²) in [6.45, 7) is 4.10. The maximum Gasteiger partial charge on any atom is 0.271 e. The zero-order valence-corrected chi connectivity index (χ0v) is 20.8. The Morgan fingerprint density at radius 1 is 1.35 bits per heavy atom. The van der Waals surface area contributed by atoms with Gasteiger partial charge in [0.15, 0.2) is 5.78 Å². The molecule has 37 heavy (non-hydrogen) atoms. The van der Waals surface area contributed by atoms with E-state index in [4.69, 9.17) is 4.74 Å². The van der Waals surface area contributed by atoms with Crippen LogP contribution in [0.1, 0.15) is 42.6 Å². The second kappa shape index (κ2) is 9.33. The Balaban J connectivity index is 1.40. The van der Waals surface area contributed by atoms with E-state index < -0.39 is 35.8 Å². The number of hydrogen-bond acceptors (Lipinski definition) is 6. The predicted octanol–water partition coefficient (Wildman–Crippen LogP) is 1.30. The van der Waals surface area contributed by atoms with E-state index in [1.807, 2.05) is 18.2 Å². The number of H-pyrrole nitrogens is 1. The van der Waals surface area contributed by atoms with Gasteiger partial charge in [0.25, 0.3) is 5.91 Å². The Labute approximate surface area is 214 Å². The number of ketones is 1. The molecule has 3 aliphatic heterocycles. The molecule has 10 heteroatoms. The topological polar surface area (TPSA) is 141 Å². The molecular weight excluding hydrogens is 476 g/mol. The first kappa shape index (κ1) is 25.0. The van der Waals surface area contributed by atoms with E-state index in [9.17, 15) is 24.3 Å². The monoisotopic (exact) mass is 508 g/mol. The Bertz CT molecular complexity index is 1280. The number of Topliss-reactive ketones (excluding diaryl/α,β-unsaturated/α-hetero) is 1. The molecule has 4 heterocycles. The lowest BCUT2D eigenvalue weighted by molar-refractivity contribution is -0.139. The number of piperidine rings is 1. The van der Waals surface area contributed by atoms with Gasteiger partial charge in [0.05, 0.1) is 13.2 Å². The number of ether oxygens (including phenoxy) is 1. The highest BCUT2D eigenvalue weighted by molar-refractivity contribution is 6.04. The molecule has 1 aromatic heterocycles. The van der Waals surface area contributed by atoms with Gasteiger partial charge in [0, 0.05) is 35.3 Å². The zero-order valence-electron chi connectivity index (χ0n) is 20.8. The van der Waals surface area contributed by atoms with Crippen molar-refractivity contribution < 1.29 is 29.0 Å². The van der Waals surface area contributed by atoms with Crippen molar-refractivity contribution in [2.45, 2.75) is 43.7 Å². The van der Waals surface area contributed by atoms with Gasteiger partial charge in [0.1, 0.15) is 23.6 Å². The van der Waals surface area contributed by atoms with Crippen LogP contribution in [0.2, 0.25) is 0 Å². The first-order valence-electron chi connectivity index (χ1n) is 12.6. The molecule has 6 rings (SSSR count). The SMILES string of the molecule is C=CC12CN(C(=O)c3cc4c(OC)cccc4[nH]3)C(C(=O)NC(C[C@@H]3CCCNC3=O)C(=O)CO)(C1)C2. The molecule has 196 valence electrons. The van der Waals surface area contributed by atoms with E-state index in [0.717, 1.165) is 17.3 Å². The third-order valence-corrected chi connectivity index (χ3v) is 8.22. The van der Waals surface area contributed by atoms with Gasteiger partial charge >= 0.3 is 0 Å². The van der Waals surface area contributed by atoms with Crippen LogP contribution < -0.4 is 15.4 Å². The van der Waals surface area contributed by atoms with Crippen LogP contribution >= 0.6 is 0 Å². The fraction of sp³-hybridized carbons (Fsp3) is 0.481. The first-order valence-corrected chi connectivity index (χ1v) is 12.6. The lowest BCUT2D eigenvalue weighted by atomic mass is 9.61. The van der Waals surface area contributed by atoms with E-state index in [0.29, 0.717) is 43.8 Å². The number of amides is 3. The van der Waals surface area contributed by atoms with Crippen molar-refractivity contribution >= 4 is 34.4 Å². The van der Waals surface area contributed by atoms with Crippen molar-refractivity contribution in [1.29, 1.82) is 0 Å². The smallest absolute Gasteiger partial charge is 0.271 e. The van der Waals surface area contributed by atoms with Crippen molar-refractivity contribution in [1.82, 2.24) is 20.5 Å². The van der Waals surface area contributed by atoms with E-state index in [2.05, 4.69) is 22.2 Å². The molecule has 2 aromatic rings. The van der Waals surface area contributed by atoms with Crippen LogP contribution in [0.4, 0.5) is 0 Å². The van der Waals surface area contributed by atoms with Gasteiger partial charge < -0.3 is 30.4 Å². The number of aromatic amines is 1. The van der Waals surface area contributed by atoms with Crippen molar-refractivity contribution in [3.63, 3.8) is 0 Å². The third-order valence-electron chi connectivity index (χ3n) is 8.22. The van der Waals surface area contributed by atoms with Crippen molar-refractivity contribution in [3.8, 4) is 5.75 Å². The number of hydrogen-bond donors (Lipinski definition) is 4. The average molecular weight is 509 g/mol. The van der Waals surface area contributed by atoms with Gasteiger partial charge in [-0.1, -0.05) is 12.1 Å². The number of carbonyl (C=O) groups excluding carboxylic acids is 4. The van der Waals surface area contributed by atoms with Gasteiger partial charge in [-0.3, -0.25) is 19.2 Å². The summed E-state index contributed by atoms with van der Waals surface area (Å²) in [5.74, 6) is -1.29. The second-order valence-electron chi connectivity index (χ2n) is 10.5. The van der Waals surface area contributed by atoms with Crippen LogP contribution in [0.5, 0.6) is 5.75 Å². The largest absolute Gasteiger partial charge is 0.496 e. The summed E-state index contributed by atoms with van der Waals surface area (Å²) in [5.41, 5.74) is -0.447. The van der Waals surface area contributed by atoms with E-state index in [1.54, 1.807) is 24.2 Å². The first-order chi connectivity index (χ1) is 17.8. The molecule has 10 nitrogen and oxygen atoms in total. The number of carbonyl (C=O) groups is 4. The number of fused-ring (bicyclic) bond motifs is 2. The van der Waals surface area contributed by atoms with Crippen LogP contribution in [-0.4, -0.2) is 76.9 Å². The number of aliphatic hydroxyl groups is 1. The molecule has 1 aliphatic carbocycles. The predicted molar refractivity (Wildman–Crippen MR) is 135 cm³/mol. The highest BCUT2D eigenvalue weighted by Gasteiger charge is 2.69. The van der Waals surface area contributed by atoms with Crippen LogP contribution in [0.25, 0.3) is 10.9 Å². The molecule has 4 fully saturated rings. The summed E-state index contributed by atoms with van der Waals surface area (Å²) >= 11 is 0. The van der Waals surface area contributed by atoms with Gasteiger partial charge in [-0.15, -0.1) is 6.58 Å². The Hall–Kier alpha value is -3.66. The summed E-state index contributed by atoms with van der Waals surface area (Å²) in [5, 5.41) is 15.9. The van der Waals surface area contributed by atoms with E-state index in [1.165, 1.54) is 0 Å². The van der Waals surface area contributed by atoms with E-state index >= 15 is 0 Å². The summed E-state index contributed by atoms with van der Waals surface area (Å²) < 4.78 is 5.41. The van der Waals surface area contributed by atoms with Crippen molar-refractivity contribution in [3.05, 3.63) is 42.6 Å². The zero-order chi connectivity index (χ0) is 26.4. The highest BCUT2D eigenvalue weighted by Crippen LogP contribution is 2.60. The lowest BCUT2D eigenvalue weighted by Crippen LogP contribution is -2.63. The Kier molecular flexibility index (Phi) is 6.31. The number of methoxy groups -OCH3 is 1. The fourth-order valence-electron chi connectivity index (χ4n) is 6.22. The summed E-state index contributed by atoms with van der Waals surface area (Å²) in [7, 11) is 1.56. The number of aliphatic hydroxyl groups excluding tert-OH is 1. The summed E-state index contributed by atoms with van der Waals surface area (Å²) in [6.07, 6.45) is 4.09. The van der Waals surface area contributed by atoms with Gasteiger partial charge in [-0.2, -0.15) is 0 Å². The van der Waals surface area contributed by atoms with E-state index in [-0.39, 0.29) is 23.7 Å². The second-order valence-corrected chi connectivity index (χ2v) is 10.5. The van der Waals surface area contributed by atoms with Gasteiger partial charge in [0.2, 0.25) is 11.8 Å².